The lowest BCUT2D eigenvalue weighted by Gasteiger charge is -2.40. The van der Waals surface area contributed by atoms with Crippen LogP contribution in [0.25, 0.3) is 0 Å². The molecule has 8 nitrogen and oxygen atoms in total. The van der Waals surface area contributed by atoms with Gasteiger partial charge in [0.2, 0.25) is 15.9 Å². The van der Waals surface area contributed by atoms with Gasteiger partial charge < -0.3 is 10.0 Å². The summed E-state index contributed by atoms with van der Waals surface area (Å²) in [6, 6.07) is -0.896. The first-order valence-corrected chi connectivity index (χ1v) is 8.76. The van der Waals surface area contributed by atoms with Gasteiger partial charge in [0.15, 0.2) is 0 Å². The smallest absolute Gasteiger partial charge is 0.326 e. The van der Waals surface area contributed by atoms with Crippen LogP contribution >= 0.6 is 0 Å². The molecule has 1 amide bonds. The van der Waals surface area contributed by atoms with Crippen molar-refractivity contribution >= 4 is 21.9 Å². The standard InChI is InChI=1S/C13H23N3O5S/c1-8(2)11(13(18)19)15(4)12(17)9-5-16(6-9)22(20,21)10-7-14(10)3/h8-11H,5-7H2,1-4H3,(H,18,19)/t10-,11+,14?/m1/s1. The largest absolute Gasteiger partial charge is 0.480 e. The monoisotopic (exact) mass is 333 g/mol. The minimum absolute atomic E-state index is 0.139. The predicted octanol–water partition coefficient (Wildman–Crippen LogP) is -0.913. The van der Waals surface area contributed by atoms with Crippen molar-refractivity contribution < 1.29 is 23.1 Å². The van der Waals surface area contributed by atoms with Crippen LogP contribution in [0.3, 0.4) is 0 Å². The minimum atomic E-state index is -3.35. The van der Waals surface area contributed by atoms with Crippen molar-refractivity contribution in [3.8, 4) is 0 Å². The van der Waals surface area contributed by atoms with E-state index in [1.807, 2.05) is 0 Å². The van der Waals surface area contributed by atoms with E-state index in [1.165, 1.54) is 16.3 Å². The van der Waals surface area contributed by atoms with E-state index >= 15 is 0 Å². The van der Waals surface area contributed by atoms with E-state index in [4.69, 9.17) is 0 Å². The number of likely N-dealkylation sites (N-methyl/N-ethyl adjacent to an activating group) is 2. The van der Waals surface area contributed by atoms with Crippen molar-refractivity contribution in [3.05, 3.63) is 0 Å². The lowest BCUT2D eigenvalue weighted by molar-refractivity contribution is -0.154. The maximum Gasteiger partial charge on any atom is 0.326 e. The van der Waals surface area contributed by atoms with Crippen LogP contribution in [0.5, 0.6) is 0 Å². The highest BCUT2D eigenvalue weighted by atomic mass is 32.2. The molecule has 0 saturated carbocycles. The highest BCUT2D eigenvalue weighted by Crippen LogP contribution is 2.30. The van der Waals surface area contributed by atoms with E-state index in [0.29, 0.717) is 6.54 Å². The molecule has 0 aromatic rings. The van der Waals surface area contributed by atoms with E-state index in [1.54, 1.807) is 25.8 Å². The van der Waals surface area contributed by atoms with Crippen LogP contribution in [0.1, 0.15) is 13.8 Å². The van der Waals surface area contributed by atoms with Crippen molar-refractivity contribution in [3.63, 3.8) is 0 Å². The third kappa shape index (κ3) is 2.97. The summed E-state index contributed by atoms with van der Waals surface area (Å²) in [5.74, 6) is -2.03. The second-order valence-corrected chi connectivity index (χ2v) is 8.52. The maximum atomic E-state index is 12.3. The van der Waals surface area contributed by atoms with E-state index < -0.39 is 33.3 Å². The Morgan fingerprint density at radius 1 is 1.23 bits per heavy atom. The van der Waals surface area contributed by atoms with E-state index in [2.05, 4.69) is 0 Å². The molecule has 0 spiro atoms. The minimum Gasteiger partial charge on any atom is -0.480 e. The molecule has 3 atom stereocenters. The number of amides is 1. The average Bonchev–Trinajstić information content (AvgIpc) is 3.03. The van der Waals surface area contributed by atoms with Crippen molar-refractivity contribution in [2.75, 3.05) is 33.7 Å². The van der Waals surface area contributed by atoms with Crippen LogP contribution < -0.4 is 0 Å². The molecule has 1 N–H and O–H groups in total. The Hall–Kier alpha value is -1.19. The third-order valence-corrected chi connectivity index (χ3v) is 6.57. The van der Waals surface area contributed by atoms with Crippen molar-refractivity contribution in [1.82, 2.24) is 14.1 Å². The molecule has 1 unspecified atom stereocenters. The molecule has 126 valence electrons. The van der Waals surface area contributed by atoms with Gasteiger partial charge in [0.1, 0.15) is 11.4 Å². The van der Waals surface area contributed by atoms with Gasteiger partial charge in [-0.05, 0) is 13.0 Å². The van der Waals surface area contributed by atoms with Gasteiger partial charge in [-0.25, -0.2) is 13.2 Å². The zero-order valence-corrected chi connectivity index (χ0v) is 14.1. The summed E-state index contributed by atoms with van der Waals surface area (Å²) in [6.45, 7) is 4.28. The molecule has 2 rings (SSSR count). The first kappa shape index (κ1) is 17.2. The van der Waals surface area contributed by atoms with Crippen LogP contribution in [-0.4, -0.2) is 84.7 Å². The van der Waals surface area contributed by atoms with Crippen LogP contribution in [0, 0.1) is 11.8 Å². The van der Waals surface area contributed by atoms with Gasteiger partial charge in [-0.3, -0.25) is 9.69 Å². The van der Waals surface area contributed by atoms with Crippen LogP contribution in [0.15, 0.2) is 0 Å². The van der Waals surface area contributed by atoms with Gasteiger partial charge in [0, 0.05) is 26.7 Å². The number of carbonyl (C=O) groups excluding carboxylic acids is 1. The van der Waals surface area contributed by atoms with Gasteiger partial charge in [0.05, 0.1) is 5.92 Å². The summed E-state index contributed by atoms with van der Waals surface area (Å²) in [6.07, 6.45) is 0. The van der Waals surface area contributed by atoms with E-state index in [-0.39, 0.29) is 24.9 Å². The Morgan fingerprint density at radius 3 is 2.09 bits per heavy atom. The molecule has 0 radical (unpaired) electrons. The number of aliphatic carboxylic acids is 1. The Balaban J connectivity index is 1.95. The number of sulfonamides is 1. The first-order chi connectivity index (χ1) is 10.1. The average molecular weight is 333 g/mol. The number of carboxylic acid groups (broad SMARTS) is 1. The molecule has 0 aliphatic carbocycles. The Labute approximate surface area is 130 Å². The fourth-order valence-electron chi connectivity index (χ4n) is 2.82. The lowest BCUT2D eigenvalue weighted by atomic mass is 9.97. The topological polar surface area (TPSA) is 98.0 Å². The Morgan fingerprint density at radius 2 is 1.73 bits per heavy atom. The lowest BCUT2D eigenvalue weighted by Crippen LogP contribution is -2.59. The second kappa shape index (κ2) is 5.78. The molecule has 2 aliphatic heterocycles. The Kier molecular flexibility index (Phi) is 4.51. The highest BCUT2D eigenvalue weighted by Gasteiger charge is 2.51. The number of hydrogen-bond donors (Lipinski definition) is 1. The van der Waals surface area contributed by atoms with Gasteiger partial charge >= 0.3 is 5.97 Å². The molecule has 0 aromatic heterocycles. The summed E-state index contributed by atoms with van der Waals surface area (Å²) in [4.78, 5) is 26.5. The molecule has 9 heteroatoms. The number of hydrogen-bond acceptors (Lipinski definition) is 5. The Bertz CT molecular complexity index is 570. The third-order valence-electron chi connectivity index (χ3n) is 4.35. The van der Waals surface area contributed by atoms with Crippen LogP contribution in [-0.2, 0) is 19.6 Å². The molecule has 2 aliphatic rings. The van der Waals surface area contributed by atoms with E-state index in [9.17, 15) is 23.1 Å². The summed E-state index contributed by atoms with van der Waals surface area (Å²) in [5.41, 5.74) is 0. The van der Waals surface area contributed by atoms with Gasteiger partial charge in [-0.1, -0.05) is 13.8 Å². The SMILES string of the molecule is CC(C)[C@@H](C(=O)O)N(C)C(=O)C1CN(S(=O)(=O)[C@@H]2CN2C)C1. The number of carboxylic acids is 1. The highest BCUT2D eigenvalue weighted by molar-refractivity contribution is 7.90. The second-order valence-electron chi connectivity index (χ2n) is 6.43. The van der Waals surface area contributed by atoms with Gasteiger partial charge in [-0.15, -0.1) is 0 Å². The fraction of sp³-hybridized carbons (Fsp3) is 0.846. The van der Waals surface area contributed by atoms with Crippen LogP contribution in [0.4, 0.5) is 0 Å². The zero-order valence-electron chi connectivity index (χ0n) is 13.3. The molecular weight excluding hydrogens is 310 g/mol. The summed E-state index contributed by atoms with van der Waals surface area (Å²) < 4.78 is 25.6. The number of nitrogens with zero attached hydrogens (tertiary/aromatic N) is 3. The normalized spacial score (nSPS) is 27.3. The maximum absolute atomic E-state index is 12.3. The zero-order chi connectivity index (χ0) is 16.8. The van der Waals surface area contributed by atoms with Crippen molar-refractivity contribution in [2.45, 2.75) is 25.3 Å². The molecular formula is C13H23N3O5S. The molecule has 0 aromatic carbocycles. The van der Waals surface area contributed by atoms with Gasteiger partial charge in [0.25, 0.3) is 0 Å². The number of rotatable bonds is 6. The summed E-state index contributed by atoms with van der Waals surface area (Å²) in [7, 11) is -0.151. The van der Waals surface area contributed by atoms with E-state index in [0.717, 1.165) is 0 Å². The molecule has 2 saturated heterocycles. The van der Waals surface area contributed by atoms with Gasteiger partial charge in [-0.2, -0.15) is 4.31 Å². The quantitative estimate of drug-likeness (QED) is 0.632. The molecule has 0 bridgehead atoms. The summed E-state index contributed by atoms with van der Waals surface area (Å²) >= 11 is 0. The summed E-state index contributed by atoms with van der Waals surface area (Å²) in [5, 5.41) is 8.75. The molecule has 2 heterocycles. The van der Waals surface area contributed by atoms with Crippen molar-refractivity contribution in [2.24, 2.45) is 11.8 Å². The molecule has 22 heavy (non-hydrogen) atoms. The van der Waals surface area contributed by atoms with Crippen molar-refractivity contribution in [1.29, 1.82) is 0 Å². The van der Waals surface area contributed by atoms with Crippen LogP contribution in [0.2, 0.25) is 0 Å². The molecule has 2 fully saturated rings. The first-order valence-electron chi connectivity index (χ1n) is 7.26. The fourth-order valence-corrected chi connectivity index (χ4v) is 4.82. The number of carbonyl (C=O) groups is 2. The predicted molar refractivity (Wildman–Crippen MR) is 79.4 cm³/mol.